The van der Waals surface area contributed by atoms with Crippen LogP contribution in [-0.4, -0.2) is 44.5 Å². The zero-order valence-corrected chi connectivity index (χ0v) is 12.7. The Bertz CT molecular complexity index is 424. The average Bonchev–Trinajstić information content (AvgIpc) is 2.33. The van der Waals surface area contributed by atoms with Crippen molar-refractivity contribution >= 4 is 34.8 Å². The van der Waals surface area contributed by atoms with E-state index in [2.05, 4.69) is 15.5 Å². The molecule has 1 rings (SSSR count). The minimum Gasteiger partial charge on any atom is -0.325 e. The first kappa shape index (κ1) is 16.2. The van der Waals surface area contributed by atoms with Crippen LogP contribution in [0.25, 0.3) is 0 Å². The van der Waals surface area contributed by atoms with Gasteiger partial charge < -0.3 is 15.5 Å². The van der Waals surface area contributed by atoms with E-state index in [9.17, 15) is 4.79 Å². The van der Waals surface area contributed by atoms with Crippen molar-refractivity contribution in [2.75, 3.05) is 39.0 Å². The van der Waals surface area contributed by atoms with Gasteiger partial charge in [-0.25, -0.2) is 0 Å². The summed E-state index contributed by atoms with van der Waals surface area (Å²) in [7, 11) is 4.05. The maximum atomic E-state index is 11.6. The Kier molecular flexibility index (Phi) is 7.16. The van der Waals surface area contributed by atoms with Crippen molar-refractivity contribution in [3.63, 3.8) is 0 Å². The summed E-state index contributed by atoms with van der Waals surface area (Å²) in [5.74, 6) is -0.0942. The van der Waals surface area contributed by atoms with E-state index in [0.29, 0.717) is 15.7 Å². The van der Waals surface area contributed by atoms with Gasteiger partial charge in [0, 0.05) is 5.69 Å². The summed E-state index contributed by atoms with van der Waals surface area (Å²) in [5.41, 5.74) is 0.648. The maximum Gasteiger partial charge on any atom is 0.238 e. The van der Waals surface area contributed by atoms with E-state index >= 15 is 0 Å². The number of anilines is 1. The Morgan fingerprint density at radius 2 is 2.00 bits per heavy atom. The second-order valence-corrected chi connectivity index (χ2v) is 5.33. The second kappa shape index (κ2) is 8.38. The lowest BCUT2D eigenvalue weighted by atomic mass is 10.3. The molecule has 1 aromatic carbocycles. The van der Waals surface area contributed by atoms with Gasteiger partial charge in [-0.1, -0.05) is 23.2 Å². The maximum absolute atomic E-state index is 11.6. The molecule has 2 N–H and O–H groups in total. The third kappa shape index (κ3) is 6.78. The number of amides is 1. The lowest BCUT2D eigenvalue weighted by Crippen LogP contribution is -2.30. The molecule has 19 heavy (non-hydrogen) atoms. The Morgan fingerprint density at radius 3 is 2.63 bits per heavy atom. The van der Waals surface area contributed by atoms with E-state index in [1.807, 2.05) is 14.1 Å². The SMILES string of the molecule is CN(C)CCCNCC(=O)Nc1ccc(Cl)c(Cl)c1. The zero-order valence-electron chi connectivity index (χ0n) is 11.2. The van der Waals surface area contributed by atoms with Crippen LogP contribution in [0.1, 0.15) is 6.42 Å². The molecule has 0 radical (unpaired) electrons. The van der Waals surface area contributed by atoms with E-state index < -0.39 is 0 Å². The van der Waals surface area contributed by atoms with Gasteiger partial charge in [0.05, 0.1) is 16.6 Å². The number of hydrogen-bond acceptors (Lipinski definition) is 3. The Hall–Kier alpha value is -0.810. The van der Waals surface area contributed by atoms with Crippen LogP contribution in [0.5, 0.6) is 0 Å². The highest BCUT2D eigenvalue weighted by Crippen LogP contribution is 2.24. The van der Waals surface area contributed by atoms with Crippen molar-refractivity contribution in [1.82, 2.24) is 10.2 Å². The van der Waals surface area contributed by atoms with Crippen LogP contribution in [0.3, 0.4) is 0 Å². The van der Waals surface area contributed by atoms with Gasteiger partial charge >= 0.3 is 0 Å². The number of carbonyl (C=O) groups excluding carboxylic acids is 1. The zero-order chi connectivity index (χ0) is 14.3. The fraction of sp³-hybridized carbons (Fsp3) is 0.462. The molecule has 0 bridgehead atoms. The summed E-state index contributed by atoms with van der Waals surface area (Å²) in [6, 6.07) is 5.01. The summed E-state index contributed by atoms with van der Waals surface area (Å²) in [6.07, 6.45) is 1.01. The van der Waals surface area contributed by atoms with E-state index in [0.717, 1.165) is 19.5 Å². The van der Waals surface area contributed by atoms with E-state index in [4.69, 9.17) is 23.2 Å². The molecule has 1 aromatic rings. The number of nitrogens with one attached hydrogen (secondary N) is 2. The summed E-state index contributed by atoms with van der Waals surface area (Å²) < 4.78 is 0. The number of nitrogens with zero attached hydrogens (tertiary/aromatic N) is 1. The van der Waals surface area contributed by atoms with Crippen LogP contribution in [0, 0.1) is 0 Å². The van der Waals surface area contributed by atoms with Gasteiger partial charge in [-0.05, 0) is 51.8 Å². The molecule has 0 aliphatic rings. The number of benzene rings is 1. The lowest BCUT2D eigenvalue weighted by molar-refractivity contribution is -0.115. The lowest BCUT2D eigenvalue weighted by Gasteiger charge is -2.10. The number of carbonyl (C=O) groups is 1. The molecule has 6 heteroatoms. The third-order valence-corrected chi connectivity index (χ3v) is 3.19. The minimum absolute atomic E-state index is 0.0942. The minimum atomic E-state index is -0.0942. The van der Waals surface area contributed by atoms with E-state index in [1.165, 1.54) is 0 Å². The molecule has 0 spiro atoms. The second-order valence-electron chi connectivity index (χ2n) is 4.51. The fourth-order valence-corrected chi connectivity index (χ4v) is 1.80. The van der Waals surface area contributed by atoms with Crippen molar-refractivity contribution in [3.8, 4) is 0 Å². The molecule has 0 fully saturated rings. The van der Waals surface area contributed by atoms with E-state index in [1.54, 1.807) is 18.2 Å². The van der Waals surface area contributed by atoms with Gasteiger partial charge in [-0.3, -0.25) is 4.79 Å². The number of hydrogen-bond donors (Lipinski definition) is 2. The van der Waals surface area contributed by atoms with Crippen LogP contribution >= 0.6 is 23.2 Å². The summed E-state index contributed by atoms with van der Waals surface area (Å²) >= 11 is 11.7. The first-order chi connectivity index (χ1) is 8.99. The quantitative estimate of drug-likeness (QED) is 0.761. The van der Waals surface area contributed by atoms with Crippen molar-refractivity contribution in [3.05, 3.63) is 28.2 Å². The molecular formula is C13H19Cl2N3O. The van der Waals surface area contributed by atoms with Crippen molar-refractivity contribution in [1.29, 1.82) is 0 Å². The first-order valence-electron chi connectivity index (χ1n) is 6.09. The molecule has 4 nitrogen and oxygen atoms in total. The molecule has 0 atom stereocenters. The van der Waals surface area contributed by atoms with E-state index in [-0.39, 0.29) is 12.5 Å². The molecule has 0 aliphatic carbocycles. The molecule has 0 unspecified atom stereocenters. The number of rotatable bonds is 7. The van der Waals surface area contributed by atoms with Gasteiger partial charge in [0.15, 0.2) is 0 Å². The van der Waals surface area contributed by atoms with Crippen LogP contribution in [-0.2, 0) is 4.79 Å². The molecule has 1 amide bonds. The van der Waals surface area contributed by atoms with Crippen molar-refractivity contribution in [2.45, 2.75) is 6.42 Å². The highest BCUT2D eigenvalue weighted by molar-refractivity contribution is 6.42. The first-order valence-corrected chi connectivity index (χ1v) is 6.85. The van der Waals surface area contributed by atoms with Crippen molar-refractivity contribution < 1.29 is 4.79 Å². The standard InChI is InChI=1S/C13H19Cl2N3O/c1-18(2)7-3-6-16-9-13(19)17-10-4-5-11(14)12(15)8-10/h4-5,8,16H,3,6-7,9H2,1-2H3,(H,17,19). The number of halogens is 2. The predicted molar refractivity (Wildman–Crippen MR) is 81.1 cm³/mol. The van der Waals surface area contributed by atoms with Crippen LogP contribution in [0.15, 0.2) is 18.2 Å². The Morgan fingerprint density at radius 1 is 1.26 bits per heavy atom. The normalized spacial score (nSPS) is 10.8. The summed E-state index contributed by atoms with van der Waals surface area (Å²) in [6.45, 7) is 2.10. The van der Waals surface area contributed by atoms with Crippen LogP contribution in [0.2, 0.25) is 10.0 Å². The summed E-state index contributed by atoms with van der Waals surface area (Å²) in [4.78, 5) is 13.8. The Labute approximate surface area is 124 Å². The van der Waals surface area contributed by atoms with Gasteiger partial charge in [-0.2, -0.15) is 0 Å². The topological polar surface area (TPSA) is 44.4 Å². The molecule has 0 saturated carbocycles. The van der Waals surface area contributed by atoms with Gasteiger partial charge in [0.25, 0.3) is 0 Å². The molecule has 106 valence electrons. The van der Waals surface area contributed by atoms with Crippen LogP contribution < -0.4 is 10.6 Å². The molecule has 0 aromatic heterocycles. The molecular weight excluding hydrogens is 285 g/mol. The fourth-order valence-electron chi connectivity index (χ4n) is 1.50. The van der Waals surface area contributed by atoms with Gasteiger partial charge in [0.2, 0.25) is 5.91 Å². The smallest absolute Gasteiger partial charge is 0.238 e. The molecule has 0 saturated heterocycles. The van der Waals surface area contributed by atoms with Crippen molar-refractivity contribution in [2.24, 2.45) is 0 Å². The highest BCUT2D eigenvalue weighted by atomic mass is 35.5. The monoisotopic (exact) mass is 303 g/mol. The Balaban J connectivity index is 2.25. The molecule has 0 aliphatic heterocycles. The van der Waals surface area contributed by atoms with Crippen LogP contribution in [0.4, 0.5) is 5.69 Å². The largest absolute Gasteiger partial charge is 0.325 e. The van der Waals surface area contributed by atoms with Gasteiger partial charge in [0.1, 0.15) is 0 Å². The third-order valence-electron chi connectivity index (χ3n) is 2.45. The molecule has 0 heterocycles. The highest BCUT2D eigenvalue weighted by Gasteiger charge is 2.04. The predicted octanol–water partition coefficient (Wildman–Crippen LogP) is 2.47. The van der Waals surface area contributed by atoms with Gasteiger partial charge in [-0.15, -0.1) is 0 Å². The average molecular weight is 304 g/mol. The summed E-state index contributed by atoms with van der Waals surface area (Å²) in [5, 5.41) is 6.75.